The van der Waals surface area contributed by atoms with Crippen molar-refractivity contribution in [1.82, 2.24) is 14.4 Å². The molecule has 0 aliphatic carbocycles. The molecule has 78 valence electrons. The minimum atomic E-state index is 0.951. The van der Waals surface area contributed by atoms with E-state index in [-0.39, 0.29) is 0 Å². The molecule has 0 radical (unpaired) electrons. The van der Waals surface area contributed by atoms with E-state index in [0.717, 1.165) is 11.3 Å². The van der Waals surface area contributed by atoms with Crippen LogP contribution in [0.25, 0.3) is 5.65 Å². The molecule has 2 aromatic rings. The first-order valence-electron chi connectivity index (χ1n) is 5.11. The number of fused-ring (bicyclic) bond motifs is 1. The Morgan fingerprint density at radius 3 is 2.36 bits per heavy atom. The molecule has 0 aromatic carbocycles. The van der Waals surface area contributed by atoms with E-state index in [2.05, 4.69) is 9.97 Å². The largest absolute Gasteiger partial charge is 0.290 e. The van der Waals surface area contributed by atoms with E-state index < -0.39 is 0 Å². The van der Waals surface area contributed by atoms with Crippen molar-refractivity contribution in [3.63, 3.8) is 0 Å². The molecule has 0 saturated heterocycles. The molecule has 0 N–H and O–H groups in total. The molecule has 0 atom stereocenters. The highest BCUT2D eigenvalue weighted by Gasteiger charge is 1.92. The normalized spacial score (nSPS) is 8.36. The predicted octanol–water partition coefficient (Wildman–Crippen LogP) is 3.09. The molecule has 2 heterocycles. The van der Waals surface area contributed by atoms with Gasteiger partial charge in [-0.2, -0.15) is 0 Å². The summed E-state index contributed by atoms with van der Waals surface area (Å²) in [7, 11) is 0. The highest BCUT2D eigenvalue weighted by Crippen LogP contribution is 2.00. The summed E-state index contributed by atoms with van der Waals surface area (Å²) in [4.78, 5) is 8.19. The summed E-state index contributed by atoms with van der Waals surface area (Å²) in [6.45, 7) is 9.97. The highest BCUT2D eigenvalue weighted by molar-refractivity contribution is 5.37. The van der Waals surface area contributed by atoms with Gasteiger partial charge >= 0.3 is 0 Å². The quantitative estimate of drug-likeness (QED) is 0.643. The van der Waals surface area contributed by atoms with Crippen molar-refractivity contribution in [2.45, 2.75) is 34.6 Å². The summed E-state index contributed by atoms with van der Waals surface area (Å²) in [6.07, 6.45) is 5.43. The lowest BCUT2D eigenvalue weighted by Gasteiger charge is -1.85. The van der Waals surface area contributed by atoms with E-state index in [4.69, 9.17) is 0 Å². The van der Waals surface area contributed by atoms with E-state index in [1.54, 1.807) is 12.5 Å². The van der Waals surface area contributed by atoms with Gasteiger partial charge in [0, 0.05) is 12.4 Å². The van der Waals surface area contributed by atoms with Gasteiger partial charge in [-0.3, -0.25) is 4.40 Å². The predicted molar refractivity (Wildman–Crippen MR) is 60.4 cm³/mol. The van der Waals surface area contributed by atoms with Gasteiger partial charge in [0.05, 0.1) is 5.69 Å². The first-order chi connectivity index (χ1) is 6.86. The monoisotopic (exact) mass is 193 g/mol. The molecule has 0 aliphatic heterocycles. The third-order valence-corrected chi connectivity index (χ3v) is 1.38. The molecule has 3 nitrogen and oxygen atoms in total. The standard InChI is InChI=1S/C7H7N3.2C2H6/c1-6-4-10-5-8-3-2-7(10)9-6;2*1-2/h2-5H,1H3;2*1-2H3. The van der Waals surface area contributed by atoms with Gasteiger partial charge in [-0.15, -0.1) is 0 Å². The second-order valence-corrected chi connectivity index (χ2v) is 2.23. The van der Waals surface area contributed by atoms with Crippen LogP contribution in [0.2, 0.25) is 0 Å². The number of imidazole rings is 1. The van der Waals surface area contributed by atoms with Crippen molar-refractivity contribution >= 4 is 5.65 Å². The molecule has 0 aliphatic rings. The average molecular weight is 193 g/mol. The van der Waals surface area contributed by atoms with E-state index in [1.807, 2.05) is 51.3 Å². The molecular weight excluding hydrogens is 174 g/mol. The van der Waals surface area contributed by atoms with Gasteiger partial charge in [0.25, 0.3) is 0 Å². The first-order valence-corrected chi connectivity index (χ1v) is 5.11. The fraction of sp³-hybridized carbons (Fsp3) is 0.455. The number of aromatic nitrogens is 3. The Hall–Kier alpha value is -1.38. The molecular formula is C11H19N3. The van der Waals surface area contributed by atoms with Gasteiger partial charge in [0.15, 0.2) is 0 Å². The second kappa shape index (κ2) is 7.06. The van der Waals surface area contributed by atoms with Crippen molar-refractivity contribution < 1.29 is 0 Å². The van der Waals surface area contributed by atoms with Crippen LogP contribution in [0.5, 0.6) is 0 Å². The molecule has 0 saturated carbocycles. The van der Waals surface area contributed by atoms with Gasteiger partial charge in [0.2, 0.25) is 0 Å². The van der Waals surface area contributed by atoms with E-state index >= 15 is 0 Å². The minimum Gasteiger partial charge on any atom is -0.290 e. The van der Waals surface area contributed by atoms with Crippen LogP contribution in [-0.4, -0.2) is 14.4 Å². The fourth-order valence-electron chi connectivity index (χ4n) is 0.971. The minimum absolute atomic E-state index is 0.951. The van der Waals surface area contributed by atoms with Crippen molar-refractivity contribution in [3.8, 4) is 0 Å². The van der Waals surface area contributed by atoms with E-state index in [1.165, 1.54) is 0 Å². The van der Waals surface area contributed by atoms with Crippen LogP contribution >= 0.6 is 0 Å². The van der Waals surface area contributed by atoms with Crippen LogP contribution in [-0.2, 0) is 0 Å². The molecule has 0 spiro atoms. The number of hydrogen-bond donors (Lipinski definition) is 0. The molecule has 2 aromatic heterocycles. The lowest BCUT2D eigenvalue weighted by atomic mass is 10.6. The second-order valence-electron chi connectivity index (χ2n) is 2.23. The van der Waals surface area contributed by atoms with Crippen molar-refractivity contribution in [3.05, 3.63) is 30.5 Å². The maximum Gasteiger partial charge on any atom is 0.139 e. The smallest absolute Gasteiger partial charge is 0.139 e. The van der Waals surface area contributed by atoms with Gasteiger partial charge < -0.3 is 0 Å². The van der Waals surface area contributed by atoms with Crippen LogP contribution < -0.4 is 0 Å². The summed E-state index contributed by atoms with van der Waals surface area (Å²) in [5, 5.41) is 0. The summed E-state index contributed by atoms with van der Waals surface area (Å²) >= 11 is 0. The maximum atomic E-state index is 4.24. The Labute approximate surface area is 85.8 Å². The van der Waals surface area contributed by atoms with Gasteiger partial charge in [-0.05, 0) is 13.0 Å². The Bertz CT molecular complexity index is 319. The van der Waals surface area contributed by atoms with E-state index in [0.29, 0.717) is 0 Å². The van der Waals surface area contributed by atoms with Gasteiger partial charge in [0.1, 0.15) is 12.0 Å². The topological polar surface area (TPSA) is 30.2 Å². The summed E-state index contributed by atoms with van der Waals surface area (Å²) in [5.74, 6) is 0. The lowest BCUT2D eigenvalue weighted by Crippen LogP contribution is -1.81. The number of aryl methyl sites for hydroxylation is 1. The van der Waals surface area contributed by atoms with Crippen LogP contribution in [0.3, 0.4) is 0 Å². The van der Waals surface area contributed by atoms with Crippen LogP contribution in [0.15, 0.2) is 24.8 Å². The molecule has 0 unspecified atom stereocenters. The molecule has 3 heteroatoms. The zero-order valence-electron chi connectivity index (χ0n) is 9.65. The Kier molecular flexibility index (Phi) is 6.37. The van der Waals surface area contributed by atoms with Gasteiger partial charge in [-0.25, -0.2) is 9.97 Å². The summed E-state index contributed by atoms with van der Waals surface area (Å²) in [6, 6.07) is 1.88. The first kappa shape index (κ1) is 12.6. The number of hydrogen-bond acceptors (Lipinski definition) is 2. The third-order valence-electron chi connectivity index (χ3n) is 1.38. The Balaban J connectivity index is 0.000000379. The number of rotatable bonds is 0. The average Bonchev–Trinajstić information content (AvgIpc) is 2.64. The van der Waals surface area contributed by atoms with Crippen LogP contribution in [0, 0.1) is 6.92 Å². The number of nitrogens with zero attached hydrogens (tertiary/aromatic N) is 3. The zero-order chi connectivity index (χ0) is 11.0. The molecule has 0 fully saturated rings. The molecule has 2 rings (SSSR count). The lowest BCUT2D eigenvalue weighted by molar-refractivity contribution is 1.09. The van der Waals surface area contributed by atoms with E-state index in [9.17, 15) is 0 Å². The van der Waals surface area contributed by atoms with Crippen molar-refractivity contribution in [1.29, 1.82) is 0 Å². The summed E-state index contributed by atoms with van der Waals surface area (Å²) in [5.41, 5.74) is 1.97. The van der Waals surface area contributed by atoms with Crippen LogP contribution in [0.4, 0.5) is 0 Å². The molecule has 14 heavy (non-hydrogen) atoms. The Morgan fingerprint density at radius 1 is 1.14 bits per heavy atom. The SMILES string of the molecule is CC.CC.Cc1cn2cnccc2n1. The fourth-order valence-corrected chi connectivity index (χ4v) is 0.971. The molecule has 0 bridgehead atoms. The zero-order valence-corrected chi connectivity index (χ0v) is 9.65. The summed E-state index contributed by atoms with van der Waals surface area (Å²) < 4.78 is 1.90. The molecule has 0 amide bonds. The van der Waals surface area contributed by atoms with Crippen molar-refractivity contribution in [2.24, 2.45) is 0 Å². The third kappa shape index (κ3) is 3.17. The van der Waals surface area contributed by atoms with Crippen LogP contribution in [0.1, 0.15) is 33.4 Å². The van der Waals surface area contributed by atoms with Gasteiger partial charge in [-0.1, -0.05) is 27.7 Å². The van der Waals surface area contributed by atoms with Crippen molar-refractivity contribution in [2.75, 3.05) is 0 Å². The maximum absolute atomic E-state index is 4.24. The Morgan fingerprint density at radius 2 is 1.79 bits per heavy atom. The highest BCUT2D eigenvalue weighted by atomic mass is 15.0.